The number of benzene rings is 2. The zero-order valence-corrected chi connectivity index (χ0v) is 11.0. The van der Waals surface area contributed by atoms with Crippen LogP contribution >= 0.6 is 11.6 Å². The van der Waals surface area contributed by atoms with Crippen LogP contribution in [0.1, 0.15) is 0 Å². The third-order valence-corrected chi connectivity index (χ3v) is 2.81. The van der Waals surface area contributed by atoms with Gasteiger partial charge in [0.25, 0.3) is 0 Å². The Morgan fingerprint density at radius 2 is 1.80 bits per heavy atom. The van der Waals surface area contributed by atoms with E-state index in [1.807, 2.05) is 0 Å². The molecule has 2 N–H and O–H groups in total. The summed E-state index contributed by atoms with van der Waals surface area (Å²) in [4.78, 5) is 11.6. The van der Waals surface area contributed by atoms with E-state index in [2.05, 4.69) is 10.6 Å². The molecule has 2 rings (SSSR count). The van der Waals surface area contributed by atoms with Crippen LogP contribution in [0.5, 0.6) is 0 Å². The molecule has 0 aliphatic carbocycles. The molecule has 0 aromatic heterocycles. The van der Waals surface area contributed by atoms with Gasteiger partial charge in [-0.15, -0.1) is 0 Å². The Balaban J connectivity index is 1.92. The van der Waals surface area contributed by atoms with E-state index in [9.17, 15) is 13.6 Å². The Kier molecular flexibility index (Phi) is 4.53. The maximum atomic E-state index is 13.6. The largest absolute Gasteiger partial charge is 0.374 e. The van der Waals surface area contributed by atoms with E-state index in [0.717, 1.165) is 0 Å². The number of hydrogen-bond acceptors (Lipinski definition) is 2. The summed E-state index contributed by atoms with van der Waals surface area (Å²) in [5.74, 6) is -1.37. The van der Waals surface area contributed by atoms with Crippen LogP contribution in [-0.4, -0.2) is 12.5 Å². The predicted octanol–water partition coefficient (Wildman–Crippen LogP) is 3.67. The highest BCUT2D eigenvalue weighted by molar-refractivity contribution is 6.31. The summed E-state index contributed by atoms with van der Waals surface area (Å²) in [6.07, 6.45) is 0. The summed E-state index contributed by atoms with van der Waals surface area (Å²) < 4.78 is 26.3. The highest BCUT2D eigenvalue weighted by Gasteiger charge is 2.08. The zero-order chi connectivity index (χ0) is 14.5. The van der Waals surface area contributed by atoms with Gasteiger partial charge < -0.3 is 10.6 Å². The van der Waals surface area contributed by atoms with Gasteiger partial charge in [0.15, 0.2) is 5.82 Å². The molecule has 6 heteroatoms. The average Bonchev–Trinajstić information content (AvgIpc) is 2.43. The molecule has 0 spiro atoms. The molecule has 0 atom stereocenters. The van der Waals surface area contributed by atoms with Crippen LogP contribution in [-0.2, 0) is 4.79 Å². The second kappa shape index (κ2) is 6.34. The van der Waals surface area contributed by atoms with Crippen LogP contribution in [0, 0.1) is 11.6 Å². The number of nitrogens with one attached hydrogen (secondary N) is 2. The first kappa shape index (κ1) is 14.3. The Bertz CT molecular complexity index is 617. The molecule has 0 saturated carbocycles. The van der Waals surface area contributed by atoms with Gasteiger partial charge in [-0.1, -0.05) is 17.7 Å². The lowest BCUT2D eigenvalue weighted by Gasteiger charge is -2.09. The van der Waals surface area contributed by atoms with Crippen molar-refractivity contribution >= 4 is 28.9 Å². The molecule has 0 unspecified atom stereocenters. The smallest absolute Gasteiger partial charge is 0.243 e. The van der Waals surface area contributed by atoms with Gasteiger partial charge in [-0.05, 0) is 36.4 Å². The molecule has 0 saturated heterocycles. The lowest BCUT2D eigenvalue weighted by atomic mass is 10.3. The van der Waals surface area contributed by atoms with E-state index >= 15 is 0 Å². The number of carbonyl (C=O) groups excluding carboxylic acids is 1. The molecule has 0 aliphatic heterocycles. The van der Waals surface area contributed by atoms with Gasteiger partial charge in [-0.3, -0.25) is 4.79 Å². The molecular formula is C14H11ClF2N2O. The zero-order valence-electron chi connectivity index (χ0n) is 10.3. The minimum Gasteiger partial charge on any atom is -0.374 e. The molecule has 0 fully saturated rings. The van der Waals surface area contributed by atoms with Gasteiger partial charge in [0, 0.05) is 5.69 Å². The Hall–Kier alpha value is -2.14. The summed E-state index contributed by atoms with van der Waals surface area (Å²) in [6.45, 7) is -0.130. The summed E-state index contributed by atoms with van der Waals surface area (Å²) >= 11 is 5.62. The number of rotatable bonds is 4. The third-order valence-electron chi connectivity index (χ3n) is 2.52. The molecule has 0 bridgehead atoms. The molecule has 0 heterocycles. The standard InChI is InChI=1S/C14H11ClF2N2O/c15-11-2-1-3-12(14(11)17)18-8-13(20)19-10-6-4-9(16)5-7-10/h1-7,18H,8H2,(H,19,20). The molecule has 2 aromatic rings. The van der Waals surface area contributed by atoms with Crippen LogP contribution in [0.15, 0.2) is 42.5 Å². The van der Waals surface area contributed by atoms with Gasteiger partial charge in [0.2, 0.25) is 5.91 Å². The normalized spacial score (nSPS) is 10.2. The van der Waals surface area contributed by atoms with E-state index < -0.39 is 5.82 Å². The van der Waals surface area contributed by atoms with Crippen LogP contribution in [0.2, 0.25) is 5.02 Å². The average molecular weight is 297 g/mol. The molecule has 104 valence electrons. The summed E-state index contributed by atoms with van der Waals surface area (Å²) in [6, 6.07) is 9.82. The van der Waals surface area contributed by atoms with E-state index in [0.29, 0.717) is 5.69 Å². The quantitative estimate of drug-likeness (QED) is 0.904. The maximum Gasteiger partial charge on any atom is 0.243 e. The minimum atomic E-state index is -0.608. The Morgan fingerprint density at radius 3 is 2.50 bits per heavy atom. The van der Waals surface area contributed by atoms with Gasteiger partial charge >= 0.3 is 0 Å². The summed E-state index contributed by atoms with van der Waals surface area (Å²) in [7, 11) is 0. The van der Waals surface area contributed by atoms with Gasteiger partial charge in [0.05, 0.1) is 17.3 Å². The van der Waals surface area contributed by atoms with Crippen LogP contribution in [0.3, 0.4) is 0 Å². The monoisotopic (exact) mass is 296 g/mol. The predicted molar refractivity (Wildman–Crippen MR) is 74.9 cm³/mol. The third kappa shape index (κ3) is 3.68. The van der Waals surface area contributed by atoms with Crippen molar-refractivity contribution in [3.8, 4) is 0 Å². The van der Waals surface area contributed by atoms with Crippen molar-refractivity contribution in [1.29, 1.82) is 0 Å². The van der Waals surface area contributed by atoms with Crippen molar-refractivity contribution in [2.75, 3.05) is 17.2 Å². The highest BCUT2D eigenvalue weighted by atomic mass is 35.5. The molecular weight excluding hydrogens is 286 g/mol. The van der Waals surface area contributed by atoms with Crippen LogP contribution < -0.4 is 10.6 Å². The molecule has 2 aromatic carbocycles. The lowest BCUT2D eigenvalue weighted by molar-refractivity contribution is -0.114. The fraction of sp³-hybridized carbons (Fsp3) is 0.0714. The van der Waals surface area contributed by atoms with E-state index in [1.165, 1.54) is 36.4 Å². The Labute approximate surface area is 119 Å². The van der Waals surface area contributed by atoms with Crippen molar-refractivity contribution in [2.24, 2.45) is 0 Å². The summed E-state index contributed by atoms with van der Waals surface area (Å²) in [5, 5.41) is 5.17. The maximum absolute atomic E-state index is 13.6. The fourth-order valence-electron chi connectivity index (χ4n) is 1.55. The van der Waals surface area contributed by atoms with E-state index in [1.54, 1.807) is 6.07 Å². The summed E-state index contributed by atoms with van der Waals surface area (Å²) in [5.41, 5.74) is 0.608. The second-order valence-electron chi connectivity index (χ2n) is 4.01. The molecule has 20 heavy (non-hydrogen) atoms. The first-order valence-corrected chi connectivity index (χ1v) is 6.17. The van der Waals surface area contributed by atoms with Crippen molar-refractivity contribution in [2.45, 2.75) is 0 Å². The van der Waals surface area contributed by atoms with E-state index in [-0.39, 0.29) is 29.0 Å². The topological polar surface area (TPSA) is 41.1 Å². The van der Waals surface area contributed by atoms with Crippen LogP contribution in [0.4, 0.5) is 20.2 Å². The molecule has 1 amide bonds. The van der Waals surface area contributed by atoms with Crippen molar-refractivity contribution in [3.63, 3.8) is 0 Å². The van der Waals surface area contributed by atoms with Gasteiger partial charge in [0.1, 0.15) is 5.82 Å². The number of halogens is 3. The SMILES string of the molecule is O=C(CNc1cccc(Cl)c1F)Nc1ccc(F)cc1. The van der Waals surface area contributed by atoms with Crippen molar-refractivity contribution in [1.82, 2.24) is 0 Å². The number of anilines is 2. The first-order chi connectivity index (χ1) is 9.56. The lowest BCUT2D eigenvalue weighted by Crippen LogP contribution is -2.22. The highest BCUT2D eigenvalue weighted by Crippen LogP contribution is 2.21. The van der Waals surface area contributed by atoms with Crippen molar-refractivity contribution < 1.29 is 13.6 Å². The fourth-order valence-corrected chi connectivity index (χ4v) is 1.73. The first-order valence-electron chi connectivity index (χ1n) is 5.79. The van der Waals surface area contributed by atoms with Gasteiger partial charge in [-0.2, -0.15) is 0 Å². The minimum absolute atomic E-state index is 0.0195. The molecule has 3 nitrogen and oxygen atoms in total. The van der Waals surface area contributed by atoms with Crippen LogP contribution in [0.25, 0.3) is 0 Å². The Morgan fingerprint density at radius 1 is 1.10 bits per heavy atom. The van der Waals surface area contributed by atoms with Crippen molar-refractivity contribution in [3.05, 3.63) is 59.1 Å². The second-order valence-corrected chi connectivity index (χ2v) is 4.42. The molecule has 0 aliphatic rings. The number of hydrogen-bond donors (Lipinski definition) is 2. The molecule has 0 radical (unpaired) electrons. The number of carbonyl (C=O) groups is 1. The number of amides is 1. The van der Waals surface area contributed by atoms with E-state index in [4.69, 9.17) is 11.6 Å². The van der Waals surface area contributed by atoms with Gasteiger partial charge in [-0.25, -0.2) is 8.78 Å².